The Labute approximate surface area is 104 Å². The summed E-state index contributed by atoms with van der Waals surface area (Å²) in [6, 6.07) is 5.85. The zero-order valence-electron chi connectivity index (χ0n) is 9.93. The molecule has 0 spiro atoms. The van der Waals surface area contributed by atoms with Gasteiger partial charge in [0.05, 0.1) is 19.9 Å². The molecule has 1 aromatic carbocycles. The van der Waals surface area contributed by atoms with Crippen LogP contribution in [0.2, 0.25) is 0 Å². The van der Waals surface area contributed by atoms with Gasteiger partial charge in [-0.1, -0.05) is 0 Å². The summed E-state index contributed by atoms with van der Waals surface area (Å²) >= 11 is 0. The predicted octanol–water partition coefficient (Wildman–Crippen LogP) is 2.29. The number of hydrogen-bond acceptors (Lipinski definition) is 4. The van der Waals surface area contributed by atoms with E-state index in [9.17, 15) is 0 Å². The number of nitrogens with zero attached hydrogens (tertiary/aromatic N) is 1. The Morgan fingerprint density at radius 2 is 2.33 bits per heavy atom. The molecule has 3 N–H and O–H groups in total. The molecule has 0 saturated heterocycles. The van der Waals surface area contributed by atoms with Crippen LogP contribution in [0.3, 0.4) is 0 Å². The van der Waals surface area contributed by atoms with Crippen LogP contribution in [0.4, 0.5) is 0 Å². The number of nitrogens with two attached hydrogens (primary N) is 1. The first-order chi connectivity index (χ1) is 8.81. The van der Waals surface area contributed by atoms with Gasteiger partial charge >= 0.3 is 0 Å². The Balaban J connectivity index is 2.12. The van der Waals surface area contributed by atoms with Gasteiger partial charge in [0.1, 0.15) is 5.75 Å². The van der Waals surface area contributed by atoms with Crippen molar-refractivity contribution in [2.24, 2.45) is 5.73 Å². The summed E-state index contributed by atoms with van der Waals surface area (Å²) in [5.74, 6) is 2.07. The zero-order valence-corrected chi connectivity index (χ0v) is 9.93. The molecular weight excluding hydrogens is 230 g/mol. The lowest BCUT2D eigenvalue weighted by atomic mass is 10.1. The van der Waals surface area contributed by atoms with Gasteiger partial charge in [0.15, 0.2) is 5.76 Å². The molecule has 3 rings (SSSR count). The molecular formula is C13H13N3O2. The average molecular weight is 243 g/mol. The second-order valence-electron chi connectivity index (χ2n) is 3.94. The molecule has 0 bridgehead atoms. The van der Waals surface area contributed by atoms with Crippen LogP contribution in [-0.2, 0) is 6.54 Å². The molecule has 5 nitrogen and oxygen atoms in total. The third-order valence-electron chi connectivity index (χ3n) is 2.88. The third kappa shape index (κ3) is 1.65. The van der Waals surface area contributed by atoms with Crippen LogP contribution >= 0.6 is 0 Å². The van der Waals surface area contributed by atoms with Crippen molar-refractivity contribution in [3.05, 3.63) is 36.5 Å². The molecule has 0 fully saturated rings. The summed E-state index contributed by atoms with van der Waals surface area (Å²) in [5.41, 5.74) is 7.45. The fourth-order valence-electron chi connectivity index (χ4n) is 1.97. The van der Waals surface area contributed by atoms with E-state index in [2.05, 4.69) is 9.97 Å². The first kappa shape index (κ1) is 10.9. The monoisotopic (exact) mass is 243 g/mol. The van der Waals surface area contributed by atoms with Crippen LogP contribution in [0.5, 0.6) is 5.75 Å². The molecule has 2 aromatic heterocycles. The number of benzene rings is 1. The van der Waals surface area contributed by atoms with Crippen molar-refractivity contribution >= 4 is 10.9 Å². The van der Waals surface area contributed by atoms with Crippen LogP contribution in [0.1, 0.15) is 5.89 Å². The number of oxazole rings is 1. The average Bonchev–Trinajstić information content (AvgIpc) is 3.03. The summed E-state index contributed by atoms with van der Waals surface area (Å²) < 4.78 is 10.7. The first-order valence-electron chi connectivity index (χ1n) is 5.62. The molecule has 0 aliphatic carbocycles. The number of hydrogen-bond donors (Lipinski definition) is 2. The van der Waals surface area contributed by atoms with Crippen molar-refractivity contribution in [3.8, 4) is 17.1 Å². The SMILES string of the molecule is COc1ccc2c(-c3cnc(CN)o3)c[nH]c2c1. The van der Waals surface area contributed by atoms with Crippen LogP contribution in [0.15, 0.2) is 35.0 Å². The van der Waals surface area contributed by atoms with Gasteiger partial charge < -0.3 is 19.9 Å². The molecule has 0 atom stereocenters. The van der Waals surface area contributed by atoms with Gasteiger partial charge in [-0.2, -0.15) is 0 Å². The summed E-state index contributed by atoms with van der Waals surface area (Å²) in [4.78, 5) is 7.29. The van der Waals surface area contributed by atoms with E-state index >= 15 is 0 Å². The zero-order chi connectivity index (χ0) is 12.5. The molecule has 18 heavy (non-hydrogen) atoms. The highest BCUT2D eigenvalue weighted by atomic mass is 16.5. The molecule has 0 saturated carbocycles. The second-order valence-corrected chi connectivity index (χ2v) is 3.94. The number of fused-ring (bicyclic) bond motifs is 1. The largest absolute Gasteiger partial charge is 0.497 e. The van der Waals surface area contributed by atoms with Crippen LogP contribution in [0.25, 0.3) is 22.2 Å². The van der Waals surface area contributed by atoms with E-state index in [1.807, 2.05) is 24.4 Å². The molecule has 3 aromatic rings. The van der Waals surface area contributed by atoms with Gasteiger partial charge in [0, 0.05) is 28.7 Å². The maximum Gasteiger partial charge on any atom is 0.208 e. The highest BCUT2D eigenvalue weighted by Crippen LogP contribution is 2.31. The Morgan fingerprint density at radius 3 is 3.06 bits per heavy atom. The number of aromatic nitrogens is 2. The highest BCUT2D eigenvalue weighted by Gasteiger charge is 2.11. The van der Waals surface area contributed by atoms with E-state index in [0.717, 1.165) is 22.2 Å². The van der Waals surface area contributed by atoms with Crippen LogP contribution in [-0.4, -0.2) is 17.1 Å². The minimum atomic E-state index is 0.302. The smallest absolute Gasteiger partial charge is 0.208 e. The topological polar surface area (TPSA) is 77.1 Å². The standard InChI is InChI=1S/C13H13N3O2/c1-17-8-2-3-9-10(6-15-11(9)4-8)12-7-16-13(5-14)18-12/h2-4,6-7,15H,5,14H2,1H3. The summed E-state index contributed by atoms with van der Waals surface area (Å²) in [6.07, 6.45) is 3.58. The minimum absolute atomic E-state index is 0.302. The van der Waals surface area contributed by atoms with Gasteiger partial charge in [-0.05, 0) is 12.1 Å². The van der Waals surface area contributed by atoms with Crippen LogP contribution < -0.4 is 10.5 Å². The third-order valence-corrected chi connectivity index (χ3v) is 2.88. The van der Waals surface area contributed by atoms with Crippen molar-refractivity contribution < 1.29 is 9.15 Å². The predicted molar refractivity (Wildman–Crippen MR) is 68.2 cm³/mol. The van der Waals surface area contributed by atoms with Crippen LogP contribution in [0, 0.1) is 0 Å². The number of aromatic amines is 1. The summed E-state index contributed by atoms with van der Waals surface area (Å²) in [7, 11) is 1.65. The fourth-order valence-corrected chi connectivity index (χ4v) is 1.97. The van der Waals surface area contributed by atoms with Gasteiger partial charge in [0.25, 0.3) is 0 Å². The lowest BCUT2D eigenvalue weighted by Gasteiger charge is -1.99. The molecule has 0 amide bonds. The van der Waals surface area contributed by atoms with E-state index in [0.29, 0.717) is 18.2 Å². The van der Waals surface area contributed by atoms with E-state index in [1.165, 1.54) is 0 Å². The van der Waals surface area contributed by atoms with Gasteiger partial charge in [-0.25, -0.2) is 4.98 Å². The molecule has 0 radical (unpaired) electrons. The quantitative estimate of drug-likeness (QED) is 0.739. The maximum atomic E-state index is 5.55. The van der Waals surface area contributed by atoms with Gasteiger partial charge in [-0.15, -0.1) is 0 Å². The van der Waals surface area contributed by atoms with Crippen molar-refractivity contribution in [1.82, 2.24) is 9.97 Å². The summed E-state index contributed by atoms with van der Waals surface area (Å²) in [6.45, 7) is 0.302. The highest BCUT2D eigenvalue weighted by molar-refractivity contribution is 5.94. The Kier molecular flexibility index (Phi) is 2.53. The lowest BCUT2D eigenvalue weighted by Crippen LogP contribution is -1.94. The van der Waals surface area contributed by atoms with E-state index in [1.54, 1.807) is 13.3 Å². The van der Waals surface area contributed by atoms with Crippen molar-refractivity contribution in [2.75, 3.05) is 7.11 Å². The Morgan fingerprint density at radius 1 is 1.44 bits per heavy atom. The lowest BCUT2D eigenvalue weighted by molar-refractivity contribution is 0.415. The number of H-pyrrole nitrogens is 1. The van der Waals surface area contributed by atoms with E-state index in [-0.39, 0.29) is 0 Å². The number of ether oxygens (including phenoxy) is 1. The molecule has 0 aliphatic rings. The minimum Gasteiger partial charge on any atom is -0.497 e. The second kappa shape index (κ2) is 4.19. The van der Waals surface area contributed by atoms with Crippen molar-refractivity contribution in [2.45, 2.75) is 6.54 Å². The molecule has 92 valence electrons. The molecule has 0 aliphatic heterocycles. The fraction of sp³-hybridized carbons (Fsp3) is 0.154. The van der Waals surface area contributed by atoms with Crippen molar-refractivity contribution in [1.29, 1.82) is 0 Å². The van der Waals surface area contributed by atoms with Gasteiger partial charge in [-0.3, -0.25) is 0 Å². The van der Waals surface area contributed by atoms with E-state index < -0.39 is 0 Å². The molecule has 2 heterocycles. The first-order valence-corrected chi connectivity index (χ1v) is 5.62. The Hall–Kier alpha value is -2.27. The van der Waals surface area contributed by atoms with Crippen molar-refractivity contribution in [3.63, 3.8) is 0 Å². The maximum absolute atomic E-state index is 5.55. The summed E-state index contributed by atoms with van der Waals surface area (Å²) in [5, 5.41) is 1.07. The number of methoxy groups -OCH3 is 1. The normalized spacial score (nSPS) is 11.0. The number of rotatable bonds is 3. The Bertz CT molecular complexity index is 684. The number of nitrogens with one attached hydrogen (secondary N) is 1. The van der Waals surface area contributed by atoms with E-state index in [4.69, 9.17) is 14.9 Å². The molecule has 0 unspecified atom stereocenters. The molecule has 5 heteroatoms. The van der Waals surface area contributed by atoms with Gasteiger partial charge in [0.2, 0.25) is 5.89 Å².